The monoisotopic (exact) mass is 291 g/mol. The molecule has 0 saturated carbocycles. The fraction of sp³-hybridized carbons (Fsp3) is 0.111. The van der Waals surface area contributed by atoms with Gasteiger partial charge in [-0.3, -0.25) is 4.79 Å². The van der Waals surface area contributed by atoms with Crippen LogP contribution in [0.15, 0.2) is 67.3 Å². The minimum absolute atomic E-state index is 0.0974. The largest absolute Gasteiger partial charge is 0.333 e. The third-order valence-electron chi connectivity index (χ3n) is 3.42. The Labute approximate surface area is 129 Å². The van der Waals surface area contributed by atoms with Gasteiger partial charge in [-0.1, -0.05) is 29.8 Å². The molecule has 0 bridgehead atoms. The van der Waals surface area contributed by atoms with E-state index in [1.54, 1.807) is 12.5 Å². The molecule has 1 heterocycles. The smallest absolute Gasteiger partial charge is 0.255 e. The van der Waals surface area contributed by atoms with Crippen molar-refractivity contribution in [3.05, 3.63) is 83.9 Å². The van der Waals surface area contributed by atoms with Crippen molar-refractivity contribution in [3.8, 4) is 0 Å². The van der Waals surface area contributed by atoms with Crippen LogP contribution in [0.1, 0.15) is 21.5 Å². The summed E-state index contributed by atoms with van der Waals surface area (Å²) in [6.07, 6.45) is 5.44. The van der Waals surface area contributed by atoms with Gasteiger partial charge in [-0.05, 0) is 36.8 Å². The summed E-state index contributed by atoms with van der Waals surface area (Å²) in [5.74, 6) is -0.0974. The zero-order valence-electron chi connectivity index (χ0n) is 12.4. The molecule has 1 amide bonds. The molecule has 0 spiro atoms. The van der Waals surface area contributed by atoms with Crippen molar-refractivity contribution in [2.45, 2.75) is 13.5 Å². The zero-order valence-corrected chi connectivity index (χ0v) is 12.4. The first kappa shape index (κ1) is 14.1. The lowest BCUT2D eigenvalue weighted by Crippen LogP contribution is -2.12. The lowest BCUT2D eigenvalue weighted by atomic mass is 10.1. The van der Waals surface area contributed by atoms with Crippen LogP contribution >= 0.6 is 0 Å². The fourth-order valence-electron chi connectivity index (χ4n) is 2.25. The third-order valence-corrected chi connectivity index (χ3v) is 3.42. The molecule has 0 saturated heterocycles. The summed E-state index contributed by atoms with van der Waals surface area (Å²) < 4.78 is 1.99. The molecule has 2 aromatic carbocycles. The average Bonchev–Trinajstić information content (AvgIpc) is 3.01. The van der Waals surface area contributed by atoms with Crippen molar-refractivity contribution in [1.29, 1.82) is 0 Å². The fourth-order valence-corrected chi connectivity index (χ4v) is 2.25. The van der Waals surface area contributed by atoms with Crippen LogP contribution in [0, 0.1) is 6.92 Å². The Hall–Kier alpha value is -2.88. The van der Waals surface area contributed by atoms with Crippen LogP contribution in [0.2, 0.25) is 0 Å². The average molecular weight is 291 g/mol. The summed E-state index contributed by atoms with van der Waals surface area (Å²) in [6, 6.07) is 15.4. The highest BCUT2D eigenvalue weighted by atomic mass is 16.1. The van der Waals surface area contributed by atoms with Gasteiger partial charge in [0.15, 0.2) is 0 Å². The molecule has 4 nitrogen and oxygen atoms in total. The molecule has 0 unspecified atom stereocenters. The summed E-state index contributed by atoms with van der Waals surface area (Å²) >= 11 is 0. The minimum atomic E-state index is -0.0974. The van der Waals surface area contributed by atoms with Crippen molar-refractivity contribution >= 4 is 11.6 Å². The van der Waals surface area contributed by atoms with E-state index in [4.69, 9.17) is 0 Å². The number of imidazole rings is 1. The topological polar surface area (TPSA) is 46.9 Å². The molecule has 3 aromatic rings. The number of carbonyl (C=O) groups is 1. The quantitative estimate of drug-likeness (QED) is 0.800. The van der Waals surface area contributed by atoms with Crippen LogP contribution < -0.4 is 5.32 Å². The molecule has 110 valence electrons. The predicted octanol–water partition coefficient (Wildman–Crippen LogP) is 3.49. The maximum atomic E-state index is 12.2. The Morgan fingerprint density at radius 2 is 2.00 bits per heavy atom. The van der Waals surface area contributed by atoms with Crippen molar-refractivity contribution in [1.82, 2.24) is 9.55 Å². The van der Waals surface area contributed by atoms with E-state index in [2.05, 4.69) is 10.3 Å². The van der Waals surface area contributed by atoms with Gasteiger partial charge < -0.3 is 9.88 Å². The second-order valence-electron chi connectivity index (χ2n) is 5.26. The maximum absolute atomic E-state index is 12.2. The summed E-state index contributed by atoms with van der Waals surface area (Å²) in [5.41, 5.74) is 3.70. The minimum Gasteiger partial charge on any atom is -0.333 e. The first-order chi connectivity index (χ1) is 10.7. The van der Waals surface area contributed by atoms with Gasteiger partial charge in [0, 0.05) is 30.2 Å². The molecule has 4 heteroatoms. The van der Waals surface area contributed by atoms with E-state index in [9.17, 15) is 4.79 Å². The normalized spacial score (nSPS) is 10.4. The molecule has 0 atom stereocenters. The molecule has 22 heavy (non-hydrogen) atoms. The Bertz CT molecular complexity index is 761. The van der Waals surface area contributed by atoms with Crippen molar-refractivity contribution in [3.63, 3.8) is 0 Å². The summed E-state index contributed by atoms with van der Waals surface area (Å²) in [4.78, 5) is 16.3. The van der Waals surface area contributed by atoms with Gasteiger partial charge in [-0.15, -0.1) is 0 Å². The number of anilines is 1. The molecule has 0 aliphatic heterocycles. The highest BCUT2D eigenvalue weighted by molar-refractivity contribution is 6.04. The number of nitrogens with zero attached hydrogens (tertiary/aromatic N) is 2. The lowest BCUT2D eigenvalue weighted by molar-refractivity contribution is 0.102. The summed E-state index contributed by atoms with van der Waals surface area (Å²) in [5, 5.41) is 2.93. The number of amides is 1. The predicted molar refractivity (Wildman–Crippen MR) is 86.9 cm³/mol. The van der Waals surface area contributed by atoms with Gasteiger partial charge in [0.1, 0.15) is 0 Å². The number of aryl methyl sites for hydroxylation is 1. The van der Waals surface area contributed by atoms with Crippen LogP contribution in [0.4, 0.5) is 5.69 Å². The number of rotatable bonds is 4. The van der Waals surface area contributed by atoms with Crippen molar-refractivity contribution < 1.29 is 4.79 Å². The standard InChI is InChI=1S/C18H17N3O/c1-14-5-7-16(8-6-14)18(22)20-17-4-2-3-15(11-17)12-21-10-9-19-13-21/h2-11,13H,12H2,1H3,(H,20,22). The molecule has 1 aromatic heterocycles. The maximum Gasteiger partial charge on any atom is 0.255 e. The molecule has 1 N–H and O–H groups in total. The van der Waals surface area contributed by atoms with Gasteiger partial charge in [0.05, 0.1) is 6.33 Å². The molecular weight excluding hydrogens is 274 g/mol. The van der Waals surface area contributed by atoms with E-state index in [1.807, 2.05) is 66.2 Å². The van der Waals surface area contributed by atoms with Crippen LogP contribution in [0.25, 0.3) is 0 Å². The second-order valence-corrected chi connectivity index (χ2v) is 5.26. The van der Waals surface area contributed by atoms with Gasteiger partial charge >= 0.3 is 0 Å². The number of nitrogens with one attached hydrogen (secondary N) is 1. The Balaban J connectivity index is 1.72. The zero-order chi connectivity index (χ0) is 15.4. The third kappa shape index (κ3) is 3.41. The second kappa shape index (κ2) is 6.26. The Kier molecular flexibility index (Phi) is 4.01. The highest BCUT2D eigenvalue weighted by Gasteiger charge is 2.06. The van der Waals surface area contributed by atoms with E-state index in [1.165, 1.54) is 0 Å². The van der Waals surface area contributed by atoms with Gasteiger partial charge in [-0.25, -0.2) is 4.98 Å². The van der Waals surface area contributed by atoms with Crippen molar-refractivity contribution in [2.24, 2.45) is 0 Å². The van der Waals surface area contributed by atoms with E-state index in [0.29, 0.717) is 5.56 Å². The van der Waals surface area contributed by atoms with E-state index >= 15 is 0 Å². The molecule has 3 rings (SSSR count). The van der Waals surface area contributed by atoms with E-state index in [-0.39, 0.29) is 5.91 Å². The number of aromatic nitrogens is 2. The van der Waals surface area contributed by atoms with E-state index < -0.39 is 0 Å². The van der Waals surface area contributed by atoms with Crippen LogP contribution in [-0.4, -0.2) is 15.5 Å². The SMILES string of the molecule is Cc1ccc(C(=O)Nc2cccc(Cn3ccnc3)c2)cc1. The number of hydrogen-bond donors (Lipinski definition) is 1. The number of carbonyl (C=O) groups excluding carboxylic acids is 1. The van der Waals surface area contributed by atoms with Crippen LogP contribution in [0.3, 0.4) is 0 Å². The molecule has 0 aliphatic carbocycles. The Morgan fingerprint density at radius 1 is 1.18 bits per heavy atom. The number of benzene rings is 2. The lowest BCUT2D eigenvalue weighted by Gasteiger charge is -2.08. The number of hydrogen-bond acceptors (Lipinski definition) is 2. The highest BCUT2D eigenvalue weighted by Crippen LogP contribution is 2.14. The van der Waals surface area contributed by atoms with Gasteiger partial charge in [-0.2, -0.15) is 0 Å². The molecule has 0 fully saturated rings. The van der Waals surface area contributed by atoms with Crippen molar-refractivity contribution in [2.75, 3.05) is 5.32 Å². The molecule has 0 radical (unpaired) electrons. The molecule has 0 aliphatic rings. The van der Waals surface area contributed by atoms with Crippen LogP contribution in [0.5, 0.6) is 0 Å². The van der Waals surface area contributed by atoms with E-state index in [0.717, 1.165) is 23.4 Å². The summed E-state index contributed by atoms with van der Waals surface area (Å²) in [6.45, 7) is 2.73. The van der Waals surface area contributed by atoms with Gasteiger partial charge in [0.2, 0.25) is 0 Å². The van der Waals surface area contributed by atoms with Crippen LogP contribution in [-0.2, 0) is 6.54 Å². The first-order valence-corrected chi connectivity index (χ1v) is 7.13. The van der Waals surface area contributed by atoms with Gasteiger partial charge in [0.25, 0.3) is 5.91 Å². The molecular formula is C18H17N3O. The Morgan fingerprint density at radius 3 is 2.73 bits per heavy atom. The summed E-state index contributed by atoms with van der Waals surface area (Å²) in [7, 11) is 0. The first-order valence-electron chi connectivity index (χ1n) is 7.13.